The summed E-state index contributed by atoms with van der Waals surface area (Å²) in [7, 11) is 0. The van der Waals surface area contributed by atoms with Crippen LogP contribution in [-0.4, -0.2) is 5.91 Å². The summed E-state index contributed by atoms with van der Waals surface area (Å²) in [5.41, 5.74) is 7.91. The van der Waals surface area contributed by atoms with E-state index in [4.69, 9.17) is 17.3 Å². The van der Waals surface area contributed by atoms with Crippen molar-refractivity contribution in [2.24, 2.45) is 0 Å². The average molecular weight is 358 g/mol. The highest BCUT2D eigenvalue weighted by molar-refractivity contribution is 9.10. The maximum atomic E-state index is 13.0. The van der Waals surface area contributed by atoms with Gasteiger partial charge in [0.15, 0.2) is 0 Å². The molecule has 3 nitrogen and oxygen atoms in total. The van der Waals surface area contributed by atoms with Crippen LogP contribution in [0.2, 0.25) is 5.02 Å². The number of aryl methyl sites for hydroxylation is 1. The molecule has 1 amide bonds. The minimum atomic E-state index is -0.498. The molecule has 0 atom stereocenters. The van der Waals surface area contributed by atoms with Gasteiger partial charge in [0.1, 0.15) is 5.82 Å². The van der Waals surface area contributed by atoms with Gasteiger partial charge >= 0.3 is 0 Å². The lowest BCUT2D eigenvalue weighted by atomic mass is 10.1. The van der Waals surface area contributed by atoms with E-state index in [-0.39, 0.29) is 10.6 Å². The average Bonchev–Trinajstić information content (AvgIpc) is 2.33. The molecule has 0 aromatic heterocycles. The third-order valence-corrected chi connectivity index (χ3v) is 3.62. The quantitative estimate of drug-likeness (QED) is 0.783. The monoisotopic (exact) mass is 356 g/mol. The number of carbonyl (C=O) groups excluding carboxylic acids is 1. The second kappa shape index (κ2) is 5.81. The number of hydrogen-bond acceptors (Lipinski definition) is 2. The summed E-state index contributed by atoms with van der Waals surface area (Å²) < 4.78 is 13.6. The minimum Gasteiger partial charge on any atom is -0.397 e. The third-order valence-electron chi connectivity index (χ3n) is 2.68. The molecule has 0 saturated heterocycles. The van der Waals surface area contributed by atoms with E-state index in [1.165, 1.54) is 12.1 Å². The summed E-state index contributed by atoms with van der Waals surface area (Å²) in [6, 6.07) is 7.16. The first-order valence-corrected chi connectivity index (χ1v) is 6.87. The lowest BCUT2D eigenvalue weighted by molar-refractivity contribution is 0.102. The van der Waals surface area contributed by atoms with Crippen LogP contribution in [0.15, 0.2) is 34.8 Å². The highest BCUT2D eigenvalue weighted by Gasteiger charge is 2.14. The van der Waals surface area contributed by atoms with E-state index in [1.54, 1.807) is 6.07 Å². The molecule has 0 saturated carbocycles. The number of nitrogen functional groups attached to an aromatic ring is 1. The van der Waals surface area contributed by atoms with E-state index in [9.17, 15) is 9.18 Å². The fraction of sp³-hybridized carbons (Fsp3) is 0.0714. The molecule has 2 aromatic rings. The second-order valence-corrected chi connectivity index (χ2v) is 5.55. The predicted molar refractivity (Wildman–Crippen MR) is 82.7 cm³/mol. The molecule has 0 unspecified atom stereocenters. The molecule has 2 rings (SSSR count). The molecular weight excluding hydrogens is 347 g/mol. The Morgan fingerprint density at radius 2 is 2.05 bits per heavy atom. The van der Waals surface area contributed by atoms with Crippen LogP contribution in [0, 0.1) is 12.7 Å². The van der Waals surface area contributed by atoms with Crippen molar-refractivity contribution in [3.05, 3.63) is 56.8 Å². The molecule has 0 heterocycles. The summed E-state index contributed by atoms with van der Waals surface area (Å²) in [6.07, 6.45) is 0. The van der Waals surface area contributed by atoms with Crippen molar-refractivity contribution in [3.63, 3.8) is 0 Å². The van der Waals surface area contributed by atoms with Gasteiger partial charge in [-0.1, -0.05) is 11.6 Å². The van der Waals surface area contributed by atoms with Crippen LogP contribution in [0.3, 0.4) is 0 Å². The Hall–Kier alpha value is -1.59. The van der Waals surface area contributed by atoms with Crippen LogP contribution in [-0.2, 0) is 0 Å². The van der Waals surface area contributed by atoms with E-state index in [1.807, 2.05) is 13.0 Å². The number of halogens is 3. The minimum absolute atomic E-state index is 0.0457. The SMILES string of the molecule is Cc1cc(N)c(NC(=O)c2ccc(F)cc2Cl)c(Br)c1. The van der Waals surface area contributed by atoms with Gasteiger partial charge in [-0.2, -0.15) is 0 Å². The zero-order valence-corrected chi connectivity index (χ0v) is 12.8. The first kappa shape index (κ1) is 14.8. The Kier molecular flexibility index (Phi) is 4.30. The lowest BCUT2D eigenvalue weighted by Gasteiger charge is -2.12. The van der Waals surface area contributed by atoms with Crippen LogP contribution < -0.4 is 11.1 Å². The van der Waals surface area contributed by atoms with E-state index >= 15 is 0 Å². The largest absolute Gasteiger partial charge is 0.397 e. The molecule has 2 aromatic carbocycles. The molecule has 3 N–H and O–H groups in total. The van der Waals surface area contributed by atoms with Crippen molar-refractivity contribution >= 4 is 44.8 Å². The summed E-state index contributed by atoms with van der Waals surface area (Å²) in [6.45, 7) is 1.89. The van der Waals surface area contributed by atoms with E-state index in [0.29, 0.717) is 15.8 Å². The van der Waals surface area contributed by atoms with Gasteiger partial charge in [0.2, 0.25) is 0 Å². The summed E-state index contributed by atoms with van der Waals surface area (Å²) >= 11 is 9.19. The second-order valence-electron chi connectivity index (χ2n) is 4.29. The maximum absolute atomic E-state index is 13.0. The van der Waals surface area contributed by atoms with Crippen molar-refractivity contribution in [2.75, 3.05) is 11.1 Å². The van der Waals surface area contributed by atoms with Crippen molar-refractivity contribution in [3.8, 4) is 0 Å². The Morgan fingerprint density at radius 3 is 2.65 bits per heavy atom. The molecule has 6 heteroatoms. The zero-order chi connectivity index (χ0) is 14.9. The topological polar surface area (TPSA) is 55.1 Å². The molecule has 104 valence electrons. The Balaban J connectivity index is 2.33. The number of nitrogens with one attached hydrogen (secondary N) is 1. The van der Waals surface area contributed by atoms with E-state index < -0.39 is 11.7 Å². The van der Waals surface area contributed by atoms with Crippen molar-refractivity contribution in [2.45, 2.75) is 6.92 Å². The van der Waals surface area contributed by atoms with Gasteiger partial charge in [-0.05, 0) is 58.7 Å². The fourth-order valence-electron chi connectivity index (χ4n) is 1.76. The summed E-state index contributed by atoms with van der Waals surface area (Å²) in [5.74, 6) is -0.950. The van der Waals surface area contributed by atoms with Crippen molar-refractivity contribution in [1.82, 2.24) is 0 Å². The molecule has 0 aliphatic heterocycles. The van der Waals surface area contributed by atoms with Crippen LogP contribution in [0.1, 0.15) is 15.9 Å². The molecule has 0 radical (unpaired) electrons. The molecule has 0 spiro atoms. The van der Waals surface area contributed by atoms with Crippen LogP contribution in [0.25, 0.3) is 0 Å². The number of rotatable bonds is 2. The van der Waals surface area contributed by atoms with Gasteiger partial charge in [0.25, 0.3) is 5.91 Å². The van der Waals surface area contributed by atoms with Gasteiger partial charge < -0.3 is 11.1 Å². The standard InChI is InChI=1S/C14H11BrClFN2O/c1-7-4-10(15)13(12(18)5-7)19-14(20)9-3-2-8(17)6-11(9)16/h2-6H,18H2,1H3,(H,19,20). The first-order valence-electron chi connectivity index (χ1n) is 5.70. The van der Waals surface area contributed by atoms with Crippen molar-refractivity contribution in [1.29, 1.82) is 0 Å². The van der Waals surface area contributed by atoms with Gasteiger partial charge in [-0.3, -0.25) is 4.79 Å². The smallest absolute Gasteiger partial charge is 0.257 e. The summed E-state index contributed by atoms with van der Waals surface area (Å²) in [5, 5.41) is 2.71. The van der Waals surface area contributed by atoms with Crippen LogP contribution >= 0.6 is 27.5 Å². The maximum Gasteiger partial charge on any atom is 0.257 e. The Morgan fingerprint density at radius 1 is 1.35 bits per heavy atom. The molecule has 0 aliphatic carbocycles. The number of nitrogens with two attached hydrogens (primary N) is 1. The molecule has 20 heavy (non-hydrogen) atoms. The van der Waals surface area contributed by atoms with Gasteiger partial charge in [0, 0.05) is 4.47 Å². The third kappa shape index (κ3) is 3.11. The van der Waals surface area contributed by atoms with Crippen molar-refractivity contribution < 1.29 is 9.18 Å². The number of anilines is 2. The molecule has 0 bridgehead atoms. The molecular formula is C14H11BrClFN2O. The zero-order valence-electron chi connectivity index (χ0n) is 10.5. The number of carbonyl (C=O) groups is 1. The highest BCUT2D eigenvalue weighted by atomic mass is 79.9. The normalized spacial score (nSPS) is 10.4. The van der Waals surface area contributed by atoms with E-state index in [0.717, 1.165) is 11.6 Å². The summed E-state index contributed by atoms with van der Waals surface area (Å²) in [4.78, 5) is 12.1. The Labute approximate surface area is 129 Å². The van der Waals surface area contributed by atoms with Gasteiger partial charge in [-0.25, -0.2) is 4.39 Å². The predicted octanol–water partition coefficient (Wildman–Crippen LogP) is 4.38. The first-order chi connectivity index (χ1) is 9.38. The molecule has 0 aliphatic rings. The van der Waals surface area contributed by atoms with Crippen LogP contribution in [0.4, 0.5) is 15.8 Å². The van der Waals surface area contributed by atoms with E-state index in [2.05, 4.69) is 21.2 Å². The van der Waals surface area contributed by atoms with Crippen LogP contribution in [0.5, 0.6) is 0 Å². The van der Waals surface area contributed by atoms with Gasteiger partial charge in [-0.15, -0.1) is 0 Å². The number of amides is 1. The number of benzene rings is 2. The fourth-order valence-corrected chi connectivity index (χ4v) is 2.70. The highest BCUT2D eigenvalue weighted by Crippen LogP contribution is 2.31. The Bertz CT molecular complexity index is 668. The molecule has 0 fully saturated rings. The van der Waals surface area contributed by atoms with Gasteiger partial charge in [0.05, 0.1) is 22.0 Å². The number of hydrogen-bond donors (Lipinski definition) is 2. The lowest BCUT2D eigenvalue weighted by Crippen LogP contribution is -2.14.